The number of aryl methyl sites for hydroxylation is 1. The van der Waals surface area contributed by atoms with Crippen molar-refractivity contribution in [1.29, 1.82) is 0 Å². The predicted octanol–water partition coefficient (Wildman–Crippen LogP) is 4.05. The van der Waals surface area contributed by atoms with Crippen molar-refractivity contribution < 1.29 is 12.9 Å². The van der Waals surface area contributed by atoms with Gasteiger partial charge in [0.25, 0.3) is 0 Å². The quantitative estimate of drug-likeness (QED) is 0.561. The molecule has 0 unspecified atom stereocenters. The van der Waals surface area contributed by atoms with E-state index in [0.29, 0.717) is 11.6 Å². The van der Waals surface area contributed by atoms with Gasteiger partial charge in [0.1, 0.15) is 4.90 Å². The molecule has 0 atom stereocenters. The highest BCUT2D eigenvalue weighted by Crippen LogP contribution is 2.27. The van der Waals surface area contributed by atoms with Gasteiger partial charge in [-0.1, -0.05) is 49.5 Å². The summed E-state index contributed by atoms with van der Waals surface area (Å²) < 4.78 is 32.5. The maximum Gasteiger partial charge on any atom is 0.244 e. The SMILES string of the molecule is CCCCc1noc(CSc2ccc(S(=O)(=O)N(C)C3CCCCC3)cn2)n1. The van der Waals surface area contributed by atoms with Crippen molar-refractivity contribution in [3.05, 3.63) is 30.0 Å². The molecule has 0 amide bonds. The molecule has 2 aromatic rings. The van der Waals surface area contributed by atoms with Gasteiger partial charge >= 0.3 is 0 Å². The number of sulfonamides is 1. The first kappa shape index (κ1) is 21.3. The minimum Gasteiger partial charge on any atom is -0.338 e. The third-order valence-electron chi connectivity index (χ3n) is 5.08. The molecule has 0 spiro atoms. The Kier molecular flexibility index (Phi) is 7.48. The summed E-state index contributed by atoms with van der Waals surface area (Å²) in [4.78, 5) is 8.92. The van der Waals surface area contributed by atoms with Crippen molar-refractivity contribution in [2.75, 3.05) is 7.05 Å². The maximum absolute atomic E-state index is 12.9. The molecule has 0 aliphatic heterocycles. The molecule has 0 N–H and O–H groups in total. The van der Waals surface area contributed by atoms with Gasteiger partial charge in [0.15, 0.2) is 5.82 Å². The second kappa shape index (κ2) is 9.84. The first-order valence-electron chi connectivity index (χ1n) is 9.89. The minimum absolute atomic E-state index is 0.0900. The van der Waals surface area contributed by atoms with E-state index in [9.17, 15) is 8.42 Å². The van der Waals surface area contributed by atoms with Crippen molar-refractivity contribution in [1.82, 2.24) is 19.4 Å². The van der Waals surface area contributed by atoms with Crippen LogP contribution in [0.5, 0.6) is 0 Å². The van der Waals surface area contributed by atoms with Crippen molar-refractivity contribution in [3.63, 3.8) is 0 Å². The molecule has 28 heavy (non-hydrogen) atoms. The van der Waals surface area contributed by atoms with Crippen LogP contribution < -0.4 is 0 Å². The molecule has 3 rings (SSSR count). The number of hydrogen-bond donors (Lipinski definition) is 0. The Morgan fingerprint density at radius 1 is 1.25 bits per heavy atom. The number of pyridine rings is 1. The Bertz CT molecular complexity index is 846. The number of aromatic nitrogens is 3. The number of thioether (sulfide) groups is 1. The summed E-state index contributed by atoms with van der Waals surface area (Å²) in [6, 6.07) is 3.46. The van der Waals surface area contributed by atoms with E-state index in [-0.39, 0.29) is 10.9 Å². The molecule has 1 aliphatic carbocycles. The van der Waals surface area contributed by atoms with E-state index in [2.05, 4.69) is 22.0 Å². The van der Waals surface area contributed by atoms with Crippen LogP contribution in [0.15, 0.2) is 32.8 Å². The molecule has 2 heterocycles. The van der Waals surface area contributed by atoms with Crippen LogP contribution in [0.2, 0.25) is 0 Å². The van der Waals surface area contributed by atoms with E-state index in [1.807, 2.05) is 0 Å². The van der Waals surface area contributed by atoms with E-state index in [1.54, 1.807) is 19.2 Å². The molecular formula is C19H28N4O3S2. The largest absolute Gasteiger partial charge is 0.338 e. The van der Waals surface area contributed by atoms with Crippen LogP contribution in [0.4, 0.5) is 0 Å². The topological polar surface area (TPSA) is 89.2 Å². The average Bonchev–Trinajstić information content (AvgIpc) is 3.19. The third kappa shape index (κ3) is 5.33. The van der Waals surface area contributed by atoms with Gasteiger partial charge in [-0.15, -0.1) is 0 Å². The Labute approximate surface area is 171 Å². The van der Waals surface area contributed by atoms with Gasteiger partial charge in [0.05, 0.1) is 10.8 Å². The minimum atomic E-state index is -3.51. The van der Waals surface area contributed by atoms with Gasteiger partial charge in [-0.2, -0.15) is 9.29 Å². The smallest absolute Gasteiger partial charge is 0.244 e. The van der Waals surface area contributed by atoms with Gasteiger partial charge in [-0.25, -0.2) is 13.4 Å². The molecule has 7 nitrogen and oxygen atoms in total. The summed E-state index contributed by atoms with van der Waals surface area (Å²) in [7, 11) is -1.83. The number of nitrogens with zero attached hydrogens (tertiary/aromatic N) is 4. The van der Waals surface area contributed by atoms with E-state index < -0.39 is 10.0 Å². The zero-order chi connectivity index (χ0) is 20.0. The normalized spacial score (nSPS) is 16.0. The lowest BCUT2D eigenvalue weighted by atomic mass is 9.96. The van der Waals surface area contributed by atoms with Gasteiger partial charge in [-0.05, 0) is 31.4 Å². The second-order valence-corrected chi connectivity index (χ2v) is 10.1. The second-order valence-electron chi connectivity index (χ2n) is 7.14. The van der Waals surface area contributed by atoms with Crippen molar-refractivity contribution >= 4 is 21.8 Å². The Balaban J connectivity index is 1.58. The summed E-state index contributed by atoms with van der Waals surface area (Å²) in [5.41, 5.74) is 0. The summed E-state index contributed by atoms with van der Waals surface area (Å²) >= 11 is 1.45. The fraction of sp³-hybridized carbons (Fsp3) is 0.632. The fourth-order valence-corrected chi connectivity index (χ4v) is 5.37. The molecule has 1 fully saturated rings. The van der Waals surface area contributed by atoms with E-state index in [1.165, 1.54) is 28.7 Å². The highest BCUT2D eigenvalue weighted by molar-refractivity contribution is 7.98. The molecule has 9 heteroatoms. The Morgan fingerprint density at radius 3 is 2.71 bits per heavy atom. The molecule has 0 saturated heterocycles. The van der Waals surface area contributed by atoms with E-state index >= 15 is 0 Å². The zero-order valence-electron chi connectivity index (χ0n) is 16.5. The van der Waals surface area contributed by atoms with Crippen LogP contribution in [-0.4, -0.2) is 40.9 Å². The Hall–Kier alpha value is -1.45. The summed E-state index contributed by atoms with van der Waals surface area (Å²) in [6.45, 7) is 2.12. The van der Waals surface area contributed by atoms with Crippen LogP contribution in [0.25, 0.3) is 0 Å². The fourth-order valence-electron chi connectivity index (χ4n) is 3.33. The van der Waals surface area contributed by atoms with Gasteiger partial charge < -0.3 is 4.52 Å². The molecule has 2 aromatic heterocycles. The summed E-state index contributed by atoms with van der Waals surface area (Å²) in [5.74, 6) is 1.81. The van der Waals surface area contributed by atoms with E-state index in [0.717, 1.165) is 55.8 Å². The van der Waals surface area contributed by atoms with Crippen LogP contribution in [0.3, 0.4) is 0 Å². The highest BCUT2D eigenvalue weighted by Gasteiger charge is 2.29. The molecule has 1 saturated carbocycles. The standard InChI is InChI=1S/C19H28N4O3S2/c1-3-4-10-17-21-18(26-22-17)14-27-19-12-11-16(13-20-19)28(24,25)23(2)15-8-6-5-7-9-15/h11-13,15H,3-10,14H2,1-2H3. The molecule has 0 aromatic carbocycles. The lowest BCUT2D eigenvalue weighted by molar-refractivity contribution is 0.285. The molecule has 154 valence electrons. The van der Waals surface area contributed by atoms with Crippen molar-refractivity contribution in [2.24, 2.45) is 0 Å². The van der Waals surface area contributed by atoms with Gasteiger partial charge in [0.2, 0.25) is 15.9 Å². The number of rotatable bonds is 9. The van der Waals surface area contributed by atoms with Gasteiger partial charge in [-0.3, -0.25) is 0 Å². The van der Waals surface area contributed by atoms with Crippen molar-refractivity contribution in [2.45, 2.75) is 80.0 Å². The first-order valence-corrected chi connectivity index (χ1v) is 12.3. The first-order chi connectivity index (χ1) is 13.5. The number of hydrogen-bond acceptors (Lipinski definition) is 7. The maximum atomic E-state index is 12.9. The summed E-state index contributed by atoms with van der Waals surface area (Å²) in [5, 5.41) is 4.70. The highest BCUT2D eigenvalue weighted by atomic mass is 32.2. The monoisotopic (exact) mass is 424 g/mol. The van der Waals surface area contributed by atoms with Crippen LogP contribution in [0.1, 0.15) is 63.6 Å². The van der Waals surface area contributed by atoms with Crippen LogP contribution in [0, 0.1) is 0 Å². The molecular weight excluding hydrogens is 396 g/mol. The third-order valence-corrected chi connectivity index (χ3v) is 7.90. The van der Waals surface area contributed by atoms with Crippen LogP contribution >= 0.6 is 11.8 Å². The molecule has 1 aliphatic rings. The zero-order valence-corrected chi connectivity index (χ0v) is 18.1. The lowest BCUT2D eigenvalue weighted by Crippen LogP contribution is -2.38. The molecule has 0 radical (unpaired) electrons. The lowest BCUT2D eigenvalue weighted by Gasteiger charge is -2.30. The Morgan fingerprint density at radius 2 is 2.04 bits per heavy atom. The average molecular weight is 425 g/mol. The summed E-state index contributed by atoms with van der Waals surface area (Å²) in [6.07, 6.45) is 9.64. The van der Waals surface area contributed by atoms with E-state index in [4.69, 9.17) is 4.52 Å². The van der Waals surface area contributed by atoms with Crippen LogP contribution in [-0.2, 0) is 22.2 Å². The van der Waals surface area contributed by atoms with Gasteiger partial charge in [0, 0.05) is 25.7 Å². The number of unbranched alkanes of at least 4 members (excludes halogenated alkanes) is 1. The molecule has 0 bridgehead atoms. The van der Waals surface area contributed by atoms with Crippen molar-refractivity contribution in [3.8, 4) is 0 Å². The predicted molar refractivity (Wildman–Crippen MR) is 109 cm³/mol.